The Morgan fingerprint density at radius 3 is 2.27 bits per heavy atom. The maximum absolute atomic E-state index is 5.56. The van der Waals surface area contributed by atoms with Gasteiger partial charge in [-0.2, -0.15) is 24.6 Å². The fraction of sp³-hybridized carbons (Fsp3) is 0.111. The summed E-state index contributed by atoms with van der Waals surface area (Å²) in [5.41, 5.74) is 8.51. The summed E-state index contributed by atoms with van der Waals surface area (Å²) < 4.78 is 0. The van der Waals surface area contributed by atoms with E-state index < -0.39 is 0 Å². The molecule has 0 fully saturated rings. The molecule has 1 nitrogen and oxygen atoms in total. The third-order valence-electron chi connectivity index (χ3n) is 1.33. The molecule has 1 rings (SSSR count). The van der Waals surface area contributed by atoms with E-state index in [9.17, 15) is 0 Å². The van der Waals surface area contributed by atoms with Crippen LogP contribution in [0.5, 0.6) is 0 Å². The molecule has 0 amide bonds. The molecule has 0 radical (unpaired) electrons. The number of hydrogen-bond acceptors (Lipinski definition) is 1. The van der Waals surface area contributed by atoms with Gasteiger partial charge in [-0.25, -0.2) is 0 Å². The number of benzene rings is 1. The molecule has 0 unspecified atom stereocenters. The topological polar surface area (TPSA) is 26.0 Å². The summed E-state index contributed by atoms with van der Waals surface area (Å²) in [5.74, 6) is 0. The summed E-state index contributed by atoms with van der Waals surface area (Å²) in [4.78, 5) is 0. The Balaban J connectivity index is 0. The Morgan fingerprint density at radius 1 is 1.36 bits per heavy atom. The van der Waals surface area contributed by atoms with E-state index in [1.165, 1.54) is 0 Å². The van der Waals surface area contributed by atoms with Crippen molar-refractivity contribution in [3.63, 3.8) is 0 Å². The van der Waals surface area contributed by atoms with Gasteiger partial charge in [-0.3, -0.25) is 0 Å². The Bertz CT molecular complexity index is 221. The van der Waals surface area contributed by atoms with E-state index in [4.69, 9.17) is 5.73 Å². The van der Waals surface area contributed by atoms with Crippen LogP contribution in [-0.4, -0.2) is 0 Å². The molecule has 0 saturated heterocycles. The van der Waals surface area contributed by atoms with Crippen LogP contribution in [0.4, 0.5) is 5.69 Å². The normalized spacial score (nSPS) is 7.73. The molecule has 2 N–H and O–H groups in total. The third-order valence-corrected chi connectivity index (χ3v) is 1.33. The largest absolute Gasteiger partial charge is 2.00 e. The molecule has 0 aromatic heterocycles. The van der Waals surface area contributed by atoms with E-state index in [1.54, 1.807) is 0 Å². The molecule has 11 heavy (non-hydrogen) atoms. The molecule has 0 bridgehead atoms. The second-order valence-electron chi connectivity index (χ2n) is 2.19. The first-order chi connectivity index (χ1) is 4.20. The maximum Gasteiger partial charge on any atom is 2.00 e. The van der Waals surface area contributed by atoms with E-state index in [1.807, 2.05) is 25.1 Å². The first-order valence-electron chi connectivity index (χ1n) is 2.88. The minimum Gasteiger partial charge on any atom is -0.400 e. The molecule has 1 aromatic carbocycles. The quantitative estimate of drug-likeness (QED) is 0.574. The molecule has 0 spiro atoms. The molecule has 0 heterocycles. The number of rotatable bonds is 0. The molecule has 62 valence electrons. The van der Waals surface area contributed by atoms with Gasteiger partial charge in [-0.05, 0) is 6.92 Å². The molecule has 0 saturated carbocycles. The first-order valence-corrected chi connectivity index (χ1v) is 2.88. The van der Waals surface area contributed by atoms with Gasteiger partial charge in [0, 0.05) is 5.69 Å². The van der Waals surface area contributed by atoms with Crippen molar-refractivity contribution < 1.29 is 19.8 Å². The molecule has 0 aliphatic carbocycles. The summed E-state index contributed by atoms with van der Waals surface area (Å²) in [6.07, 6.45) is 0. The van der Waals surface area contributed by atoms with Gasteiger partial charge < -0.3 is 13.2 Å². The van der Waals surface area contributed by atoms with Crippen LogP contribution in [0.3, 0.4) is 0 Å². The third kappa shape index (κ3) is 3.44. The minimum absolute atomic E-state index is 0. The van der Waals surface area contributed by atoms with Gasteiger partial charge >= 0.3 is 19.8 Å². The van der Waals surface area contributed by atoms with Gasteiger partial charge in [0.05, 0.1) is 0 Å². The van der Waals surface area contributed by atoms with Gasteiger partial charge in [-0.15, -0.1) is 0 Å². The van der Waals surface area contributed by atoms with Gasteiger partial charge in [-0.1, -0.05) is 11.6 Å². The van der Waals surface area contributed by atoms with Crippen molar-refractivity contribution in [1.29, 1.82) is 0 Å². The van der Waals surface area contributed by atoms with Crippen molar-refractivity contribution in [3.05, 3.63) is 43.7 Å². The predicted octanol–water partition coefficient (Wildman–Crippen LogP) is 2.21. The van der Waals surface area contributed by atoms with Crippen LogP contribution in [-0.2, 0) is 19.8 Å². The van der Waals surface area contributed by atoms with E-state index >= 15 is 0 Å². The van der Waals surface area contributed by atoms with Crippen molar-refractivity contribution in [2.75, 3.05) is 5.73 Å². The van der Waals surface area contributed by atoms with Crippen molar-refractivity contribution >= 4 is 5.69 Å². The Kier molecular flexibility index (Phi) is 6.23. The summed E-state index contributed by atoms with van der Waals surface area (Å²) in [6.45, 7) is 5.74. The van der Waals surface area contributed by atoms with Gasteiger partial charge in [0.15, 0.2) is 0 Å². The van der Waals surface area contributed by atoms with Crippen LogP contribution in [0.25, 0.3) is 0 Å². The fourth-order valence-electron chi connectivity index (χ4n) is 0.738. The van der Waals surface area contributed by atoms with E-state index in [-0.39, 0.29) is 27.2 Å². The Labute approximate surface area is 82.1 Å². The van der Waals surface area contributed by atoms with Gasteiger partial charge in [0.25, 0.3) is 0 Å². The molecule has 0 atom stereocenters. The van der Waals surface area contributed by atoms with E-state index in [2.05, 4.69) is 6.92 Å². The van der Waals surface area contributed by atoms with Crippen LogP contribution in [0.1, 0.15) is 11.1 Å². The van der Waals surface area contributed by atoms with Crippen molar-refractivity contribution in [3.8, 4) is 0 Å². The molecule has 1 aromatic rings. The summed E-state index contributed by atoms with van der Waals surface area (Å²) in [6, 6.07) is 5.75. The summed E-state index contributed by atoms with van der Waals surface area (Å²) in [5, 5.41) is 0. The van der Waals surface area contributed by atoms with Gasteiger partial charge in [0.1, 0.15) is 0 Å². The zero-order chi connectivity index (χ0) is 6.85. The Morgan fingerprint density at radius 2 is 1.91 bits per heavy atom. The number of hydrogen-bond donors (Lipinski definition) is 1. The fourth-order valence-corrected chi connectivity index (χ4v) is 0.738. The zero-order valence-electron chi connectivity index (χ0n) is 6.87. The monoisotopic (exact) mass is 327 g/mol. The van der Waals surface area contributed by atoms with Gasteiger partial charge in [0.2, 0.25) is 0 Å². The number of anilines is 1. The minimum atomic E-state index is 0. The zero-order valence-corrected chi connectivity index (χ0v) is 9.41. The predicted molar refractivity (Wildman–Crippen MR) is 46.5 cm³/mol. The number of aryl methyl sites for hydroxylation is 1. The van der Waals surface area contributed by atoms with Crippen LogP contribution >= 0.6 is 0 Å². The standard InChI is InChI=1S/C8H10N.CH3.Os/c1-6-3-4-8(9)7(2)5-6;;/h3-5H,1,9H2,2H3;1H3;/q2*-1;+2. The molecule has 2 heteroatoms. The van der Waals surface area contributed by atoms with Crippen molar-refractivity contribution in [2.24, 2.45) is 0 Å². The van der Waals surface area contributed by atoms with E-state index in [0.29, 0.717) is 0 Å². The van der Waals surface area contributed by atoms with Crippen LogP contribution in [0.15, 0.2) is 18.2 Å². The molecule has 0 aliphatic heterocycles. The molecular weight excluding hydrogens is 312 g/mol. The maximum atomic E-state index is 5.56. The van der Waals surface area contributed by atoms with Crippen molar-refractivity contribution in [2.45, 2.75) is 6.92 Å². The summed E-state index contributed by atoms with van der Waals surface area (Å²) in [7, 11) is 0. The molecule has 0 aliphatic rings. The number of nitrogen functional groups attached to an aromatic ring is 1. The van der Waals surface area contributed by atoms with E-state index in [0.717, 1.165) is 16.8 Å². The average Bonchev–Trinajstić information content (AvgIpc) is 1.80. The smallest absolute Gasteiger partial charge is 0.400 e. The second kappa shape index (κ2) is 5.21. The second-order valence-corrected chi connectivity index (χ2v) is 2.19. The van der Waals surface area contributed by atoms with Crippen LogP contribution < -0.4 is 5.73 Å². The Hall–Kier alpha value is -0.474. The summed E-state index contributed by atoms with van der Waals surface area (Å²) >= 11 is 0. The van der Waals surface area contributed by atoms with Crippen LogP contribution in [0, 0.1) is 21.3 Å². The molecular formula is C9H13NOs. The first kappa shape index (κ1) is 13.1. The SMILES string of the molecule is [CH2-]c1ccc(N)c(C)c1.[CH3-].[Os+2]. The van der Waals surface area contributed by atoms with Crippen molar-refractivity contribution in [1.82, 2.24) is 0 Å². The van der Waals surface area contributed by atoms with Crippen LogP contribution in [0.2, 0.25) is 0 Å². The number of nitrogens with two attached hydrogens (primary N) is 1. The average molecular weight is 325 g/mol.